The molecule has 6 heteroatoms. The molecule has 1 rings (SSSR count). The maximum absolute atomic E-state index is 11.9. The minimum atomic E-state index is -0.974. The van der Waals surface area contributed by atoms with Crippen molar-refractivity contribution in [2.75, 3.05) is 39.3 Å². The van der Waals surface area contributed by atoms with Gasteiger partial charge in [0.2, 0.25) is 0 Å². The maximum atomic E-state index is 11.9. The number of nitrogens with one attached hydrogen (secondary N) is 1. The Morgan fingerprint density at radius 1 is 1.30 bits per heavy atom. The highest BCUT2D eigenvalue weighted by Crippen LogP contribution is 2.07. The number of carbonyl (C=O) groups is 2. The van der Waals surface area contributed by atoms with Crippen LogP contribution >= 0.6 is 0 Å². The largest absolute Gasteiger partial charge is 0.480 e. The molecule has 1 aliphatic heterocycles. The summed E-state index contributed by atoms with van der Waals surface area (Å²) in [6.07, 6.45) is 3.45. The van der Waals surface area contributed by atoms with E-state index in [1.165, 1.54) is 17.7 Å². The molecule has 0 atom stereocenters. The van der Waals surface area contributed by atoms with Crippen molar-refractivity contribution < 1.29 is 14.7 Å². The van der Waals surface area contributed by atoms with Crippen LogP contribution in [0.2, 0.25) is 0 Å². The summed E-state index contributed by atoms with van der Waals surface area (Å²) < 4.78 is 0. The first-order valence-electron chi connectivity index (χ1n) is 7.46. The van der Waals surface area contributed by atoms with E-state index in [1.54, 1.807) is 0 Å². The molecule has 0 aromatic rings. The zero-order valence-corrected chi connectivity index (χ0v) is 12.6. The highest BCUT2D eigenvalue weighted by Gasteiger charge is 2.17. The van der Waals surface area contributed by atoms with Gasteiger partial charge >= 0.3 is 12.0 Å². The van der Waals surface area contributed by atoms with Crippen molar-refractivity contribution in [2.24, 2.45) is 5.92 Å². The lowest BCUT2D eigenvalue weighted by Gasteiger charge is -2.23. The Balaban J connectivity index is 2.23. The van der Waals surface area contributed by atoms with Crippen LogP contribution in [-0.2, 0) is 4.79 Å². The number of carboxylic acid groups (broad SMARTS) is 1. The number of urea groups is 1. The van der Waals surface area contributed by atoms with E-state index in [9.17, 15) is 9.59 Å². The molecule has 1 heterocycles. The van der Waals surface area contributed by atoms with E-state index in [4.69, 9.17) is 5.11 Å². The smallest absolute Gasteiger partial charge is 0.323 e. The van der Waals surface area contributed by atoms with Gasteiger partial charge in [0.1, 0.15) is 6.54 Å². The zero-order chi connectivity index (χ0) is 15.0. The Hall–Kier alpha value is -1.30. The summed E-state index contributed by atoms with van der Waals surface area (Å²) in [6.45, 7) is 8.08. The number of likely N-dealkylation sites (tertiary alicyclic amines) is 1. The number of rotatable bonds is 8. The number of hydrogen-bond donors (Lipinski definition) is 2. The molecule has 2 amide bonds. The van der Waals surface area contributed by atoms with E-state index in [0.717, 1.165) is 26.1 Å². The third-order valence-electron chi connectivity index (χ3n) is 3.32. The highest BCUT2D eigenvalue weighted by molar-refractivity contribution is 5.80. The second-order valence-electron chi connectivity index (χ2n) is 5.80. The fraction of sp³-hybridized carbons (Fsp3) is 0.857. The molecular weight excluding hydrogens is 258 g/mol. The Labute approximate surface area is 121 Å². The van der Waals surface area contributed by atoms with Crippen LogP contribution in [0.1, 0.15) is 33.1 Å². The summed E-state index contributed by atoms with van der Waals surface area (Å²) in [7, 11) is 0. The van der Waals surface area contributed by atoms with Gasteiger partial charge in [-0.3, -0.25) is 4.79 Å². The number of carboxylic acids is 1. The Morgan fingerprint density at radius 3 is 2.50 bits per heavy atom. The van der Waals surface area contributed by atoms with Crippen LogP contribution in [0.4, 0.5) is 4.79 Å². The predicted molar refractivity (Wildman–Crippen MR) is 77.7 cm³/mol. The summed E-state index contributed by atoms with van der Waals surface area (Å²) in [5.41, 5.74) is 0. The molecule has 1 saturated heterocycles. The monoisotopic (exact) mass is 285 g/mol. The van der Waals surface area contributed by atoms with Gasteiger partial charge in [0, 0.05) is 13.1 Å². The molecule has 0 aromatic carbocycles. The van der Waals surface area contributed by atoms with Gasteiger partial charge in [0.25, 0.3) is 0 Å². The van der Waals surface area contributed by atoms with Crippen molar-refractivity contribution in [3.8, 4) is 0 Å². The second kappa shape index (κ2) is 8.79. The summed E-state index contributed by atoms with van der Waals surface area (Å²) >= 11 is 0. The van der Waals surface area contributed by atoms with Crippen LogP contribution in [-0.4, -0.2) is 66.2 Å². The van der Waals surface area contributed by atoms with Crippen molar-refractivity contribution in [3.05, 3.63) is 0 Å². The lowest BCUT2D eigenvalue weighted by atomic mass is 10.2. The Kier molecular flexibility index (Phi) is 7.36. The van der Waals surface area contributed by atoms with Crippen molar-refractivity contribution in [3.63, 3.8) is 0 Å². The molecule has 1 aliphatic rings. The van der Waals surface area contributed by atoms with E-state index in [-0.39, 0.29) is 18.5 Å². The first-order valence-corrected chi connectivity index (χ1v) is 7.46. The maximum Gasteiger partial charge on any atom is 0.323 e. The topological polar surface area (TPSA) is 72.9 Å². The molecule has 0 unspecified atom stereocenters. The normalized spacial score (nSPS) is 15.6. The number of amides is 2. The molecular formula is C14H27N3O3. The first-order chi connectivity index (χ1) is 9.49. The highest BCUT2D eigenvalue weighted by atomic mass is 16.4. The van der Waals surface area contributed by atoms with E-state index in [1.807, 2.05) is 13.8 Å². The van der Waals surface area contributed by atoms with Crippen molar-refractivity contribution in [2.45, 2.75) is 33.1 Å². The van der Waals surface area contributed by atoms with Gasteiger partial charge in [-0.1, -0.05) is 13.8 Å². The van der Waals surface area contributed by atoms with Crippen LogP contribution in [0.5, 0.6) is 0 Å². The minimum absolute atomic E-state index is 0.240. The minimum Gasteiger partial charge on any atom is -0.480 e. The lowest BCUT2D eigenvalue weighted by Crippen LogP contribution is -2.45. The third-order valence-corrected chi connectivity index (χ3v) is 3.32. The average Bonchev–Trinajstić information content (AvgIpc) is 2.85. The molecule has 0 aliphatic carbocycles. The summed E-state index contributed by atoms with van der Waals surface area (Å²) in [4.78, 5) is 26.5. The number of aliphatic carboxylic acids is 1. The quantitative estimate of drug-likeness (QED) is 0.658. The number of carbonyl (C=O) groups excluding carboxylic acids is 1. The zero-order valence-electron chi connectivity index (χ0n) is 12.6. The molecule has 6 nitrogen and oxygen atoms in total. The van der Waals surface area contributed by atoms with Gasteiger partial charge in [-0.2, -0.15) is 0 Å². The van der Waals surface area contributed by atoms with Crippen LogP contribution in [0.15, 0.2) is 0 Å². The standard InChI is InChI=1S/C14H27N3O3/c1-12(2)10-17(11-13(18)19)14(20)15-6-5-9-16-7-3-4-8-16/h12H,3-11H2,1-2H3,(H,15,20)(H,18,19). The third kappa shape index (κ3) is 6.75. The van der Waals surface area contributed by atoms with Gasteiger partial charge in [-0.15, -0.1) is 0 Å². The van der Waals surface area contributed by atoms with E-state index >= 15 is 0 Å². The molecule has 0 saturated carbocycles. The molecule has 0 spiro atoms. The van der Waals surface area contributed by atoms with Gasteiger partial charge in [0.15, 0.2) is 0 Å². The van der Waals surface area contributed by atoms with Crippen LogP contribution < -0.4 is 5.32 Å². The van der Waals surface area contributed by atoms with Crippen LogP contribution in [0.25, 0.3) is 0 Å². The molecule has 20 heavy (non-hydrogen) atoms. The van der Waals surface area contributed by atoms with Crippen molar-refractivity contribution >= 4 is 12.0 Å². The van der Waals surface area contributed by atoms with Gasteiger partial charge < -0.3 is 20.2 Å². The van der Waals surface area contributed by atoms with Gasteiger partial charge in [0.05, 0.1) is 0 Å². The molecule has 2 N–H and O–H groups in total. The van der Waals surface area contributed by atoms with E-state index in [0.29, 0.717) is 13.1 Å². The Bertz CT molecular complexity index is 315. The van der Waals surface area contributed by atoms with Crippen molar-refractivity contribution in [1.29, 1.82) is 0 Å². The SMILES string of the molecule is CC(C)CN(CC(=O)O)C(=O)NCCCN1CCCC1. The fourth-order valence-electron chi connectivity index (χ4n) is 2.44. The van der Waals surface area contributed by atoms with E-state index < -0.39 is 5.97 Å². The van der Waals surface area contributed by atoms with Gasteiger partial charge in [-0.05, 0) is 44.8 Å². The summed E-state index contributed by atoms with van der Waals surface area (Å²) in [5.74, 6) is -0.720. The molecule has 0 aromatic heterocycles. The van der Waals surface area contributed by atoms with E-state index in [2.05, 4.69) is 10.2 Å². The molecule has 1 fully saturated rings. The fourth-order valence-corrected chi connectivity index (χ4v) is 2.44. The molecule has 0 radical (unpaired) electrons. The molecule has 116 valence electrons. The number of nitrogens with zero attached hydrogens (tertiary/aromatic N) is 2. The van der Waals surface area contributed by atoms with Crippen LogP contribution in [0.3, 0.4) is 0 Å². The first kappa shape index (κ1) is 16.8. The van der Waals surface area contributed by atoms with Crippen molar-refractivity contribution in [1.82, 2.24) is 15.1 Å². The summed E-state index contributed by atoms with van der Waals surface area (Å²) in [6, 6.07) is -0.275. The Morgan fingerprint density at radius 2 is 1.95 bits per heavy atom. The van der Waals surface area contributed by atoms with Gasteiger partial charge in [-0.25, -0.2) is 4.79 Å². The number of hydrogen-bond acceptors (Lipinski definition) is 3. The second-order valence-corrected chi connectivity index (χ2v) is 5.80. The molecule has 0 bridgehead atoms. The average molecular weight is 285 g/mol. The summed E-state index contributed by atoms with van der Waals surface area (Å²) in [5, 5.41) is 11.6. The lowest BCUT2D eigenvalue weighted by molar-refractivity contribution is -0.137. The van der Waals surface area contributed by atoms with Crippen LogP contribution in [0, 0.1) is 5.92 Å². The predicted octanol–water partition coefficient (Wildman–Crippen LogP) is 1.22.